The highest BCUT2D eigenvalue weighted by atomic mass is 16.2. The van der Waals surface area contributed by atoms with Crippen LogP contribution in [0.5, 0.6) is 0 Å². The van der Waals surface area contributed by atoms with Crippen LogP contribution in [0, 0.1) is 0 Å². The molecule has 1 heterocycles. The second-order valence-electron chi connectivity index (χ2n) is 5.82. The van der Waals surface area contributed by atoms with Gasteiger partial charge >= 0.3 is 0 Å². The highest BCUT2D eigenvalue weighted by Crippen LogP contribution is 2.26. The maximum atomic E-state index is 12.4. The highest BCUT2D eigenvalue weighted by molar-refractivity contribution is 5.84. The Kier molecular flexibility index (Phi) is 5.22. The van der Waals surface area contributed by atoms with Gasteiger partial charge in [-0.3, -0.25) is 15.0 Å². The Morgan fingerprint density at radius 1 is 1.32 bits per heavy atom. The van der Waals surface area contributed by atoms with Crippen LogP contribution in [0.25, 0.3) is 0 Å². The summed E-state index contributed by atoms with van der Waals surface area (Å²) in [7, 11) is 0. The predicted octanol–water partition coefficient (Wildman–Crippen LogP) is 1.81. The molecule has 2 unspecified atom stereocenters. The Morgan fingerprint density at radius 3 is 2.58 bits per heavy atom. The van der Waals surface area contributed by atoms with E-state index in [-0.39, 0.29) is 12.2 Å². The molecular weight excluding hydrogens is 238 g/mol. The van der Waals surface area contributed by atoms with Gasteiger partial charge in [0.2, 0.25) is 5.91 Å². The molecule has 1 saturated heterocycles. The van der Waals surface area contributed by atoms with E-state index < -0.39 is 0 Å². The van der Waals surface area contributed by atoms with Crippen molar-refractivity contribution in [2.75, 3.05) is 19.6 Å². The van der Waals surface area contributed by atoms with Gasteiger partial charge in [-0.15, -0.1) is 0 Å². The van der Waals surface area contributed by atoms with Crippen LogP contribution < -0.4 is 5.32 Å². The van der Waals surface area contributed by atoms with Gasteiger partial charge in [-0.2, -0.15) is 0 Å². The number of carbonyl (C=O) groups is 1. The normalized spacial score (nSPS) is 27.6. The van der Waals surface area contributed by atoms with Crippen molar-refractivity contribution in [3.05, 3.63) is 0 Å². The molecule has 1 aliphatic carbocycles. The van der Waals surface area contributed by atoms with Crippen LogP contribution in [-0.4, -0.2) is 53.6 Å². The number of rotatable bonds is 8. The molecule has 110 valence electrons. The average Bonchev–Trinajstić information content (AvgIpc) is 3.19. The third kappa shape index (κ3) is 3.48. The number of hydrogen-bond donors (Lipinski definition) is 1. The van der Waals surface area contributed by atoms with Crippen molar-refractivity contribution in [1.29, 1.82) is 0 Å². The summed E-state index contributed by atoms with van der Waals surface area (Å²) in [6.45, 7) is 9.52. The summed E-state index contributed by atoms with van der Waals surface area (Å²) < 4.78 is 0. The van der Waals surface area contributed by atoms with Gasteiger partial charge in [0, 0.05) is 19.1 Å². The third-order valence-electron chi connectivity index (χ3n) is 4.42. The molecule has 2 fully saturated rings. The minimum atomic E-state index is 0.0487. The van der Waals surface area contributed by atoms with Gasteiger partial charge in [-0.1, -0.05) is 27.2 Å². The Morgan fingerprint density at radius 2 is 2.05 bits per heavy atom. The SMILES string of the molecule is CCCC1NC(CC)C(=O)N1CCN(CC)C1CC1. The molecule has 2 aliphatic rings. The first kappa shape index (κ1) is 14.8. The second-order valence-corrected chi connectivity index (χ2v) is 5.82. The van der Waals surface area contributed by atoms with Gasteiger partial charge in [0.25, 0.3) is 0 Å². The second kappa shape index (κ2) is 6.71. The zero-order valence-corrected chi connectivity index (χ0v) is 12.7. The molecule has 0 aromatic rings. The maximum Gasteiger partial charge on any atom is 0.241 e. The van der Waals surface area contributed by atoms with Crippen LogP contribution in [0.4, 0.5) is 0 Å². The van der Waals surface area contributed by atoms with Crippen LogP contribution in [0.1, 0.15) is 52.9 Å². The molecule has 1 amide bonds. The number of carbonyl (C=O) groups excluding carboxylic acids is 1. The van der Waals surface area contributed by atoms with Gasteiger partial charge in [0.1, 0.15) is 0 Å². The van der Waals surface area contributed by atoms with Crippen LogP contribution in [0.3, 0.4) is 0 Å². The fourth-order valence-corrected chi connectivity index (χ4v) is 3.09. The first-order chi connectivity index (χ1) is 9.21. The van der Waals surface area contributed by atoms with Crippen molar-refractivity contribution >= 4 is 5.91 Å². The summed E-state index contributed by atoms with van der Waals surface area (Å²) in [5.41, 5.74) is 0. The average molecular weight is 267 g/mol. The van der Waals surface area contributed by atoms with Crippen molar-refractivity contribution in [3.8, 4) is 0 Å². The largest absolute Gasteiger partial charge is 0.325 e. The summed E-state index contributed by atoms with van der Waals surface area (Å²) in [5, 5.41) is 3.49. The zero-order valence-electron chi connectivity index (χ0n) is 12.7. The lowest BCUT2D eigenvalue weighted by molar-refractivity contribution is -0.130. The van der Waals surface area contributed by atoms with Gasteiger partial charge in [0.05, 0.1) is 12.2 Å². The van der Waals surface area contributed by atoms with Crippen molar-refractivity contribution in [3.63, 3.8) is 0 Å². The summed E-state index contributed by atoms with van der Waals surface area (Å²) in [4.78, 5) is 17.0. The Bertz CT molecular complexity index is 304. The standard InChI is InChI=1S/C15H29N3O/c1-4-7-14-16-13(5-2)15(19)18(14)11-10-17(6-3)12-8-9-12/h12-14,16H,4-11H2,1-3H3. The Hall–Kier alpha value is -0.610. The number of amides is 1. The molecule has 1 saturated carbocycles. The molecule has 19 heavy (non-hydrogen) atoms. The van der Waals surface area contributed by atoms with Crippen molar-refractivity contribution < 1.29 is 4.79 Å². The number of nitrogens with zero attached hydrogens (tertiary/aromatic N) is 2. The smallest absolute Gasteiger partial charge is 0.241 e. The quantitative estimate of drug-likeness (QED) is 0.728. The van der Waals surface area contributed by atoms with Gasteiger partial charge < -0.3 is 4.90 Å². The molecule has 0 aromatic carbocycles. The zero-order chi connectivity index (χ0) is 13.8. The van der Waals surface area contributed by atoms with E-state index in [1.54, 1.807) is 0 Å². The summed E-state index contributed by atoms with van der Waals surface area (Å²) in [5.74, 6) is 0.313. The fraction of sp³-hybridized carbons (Fsp3) is 0.933. The first-order valence-corrected chi connectivity index (χ1v) is 8.01. The minimum absolute atomic E-state index is 0.0487. The fourth-order valence-electron chi connectivity index (χ4n) is 3.09. The lowest BCUT2D eigenvalue weighted by Crippen LogP contribution is -2.42. The lowest BCUT2D eigenvalue weighted by atomic mass is 10.2. The van der Waals surface area contributed by atoms with E-state index in [2.05, 4.69) is 35.9 Å². The number of likely N-dealkylation sites (N-methyl/N-ethyl adjacent to an activating group) is 1. The molecule has 0 aromatic heterocycles. The van der Waals surface area contributed by atoms with E-state index in [4.69, 9.17) is 0 Å². The molecule has 1 aliphatic heterocycles. The van der Waals surface area contributed by atoms with E-state index in [1.165, 1.54) is 12.8 Å². The summed E-state index contributed by atoms with van der Waals surface area (Å²) >= 11 is 0. The van der Waals surface area contributed by atoms with Gasteiger partial charge in [-0.25, -0.2) is 0 Å². The van der Waals surface area contributed by atoms with E-state index in [0.29, 0.717) is 5.91 Å². The van der Waals surface area contributed by atoms with Crippen molar-refractivity contribution in [1.82, 2.24) is 15.1 Å². The molecule has 2 atom stereocenters. The maximum absolute atomic E-state index is 12.4. The van der Waals surface area contributed by atoms with E-state index in [0.717, 1.165) is 44.9 Å². The monoisotopic (exact) mass is 267 g/mol. The predicted molar refractivity (Wildman–Crippen MR) is 77.9 cm³/mol. The van der Waals surface area contributed by atoms with Crippen LogP contribution in [0.2, 0.25) is 0 Å². The van der Waals surface area contributed by atoms with Crippen LogP contribution in [-0.2, 0) is 4.79 Å². The van der Waals surface area contributed by atoms with Gasteiger partial charge in [0.15, 0.2) is 0 Å². The van der Waals surface area contributed by atoms with Crippen molar-refractivity contribution in [2.45, 2.75) is 71.1 Å². The van der Waals surface area contributed by atoms with Crippen molar-refractivity contribution in [2.24, 2.45) is 0 Å². The Balaban J connectivity index is 1.89. The molecule has 1 N–H and O–H groups in total. The molecule has 0 radical (unpaired) electrons. The van der Waals surface area contributed by atoms with E-state index >= 15 is 0 Å². The highest BCUT2D eigenvalue weighted by Gasteiger charge is 2.37. The van der Waals surface area contributed by atoms with E-state index in [9.17, 15) is 4.79 Å². The molecular formula is C15H29N3O. The summed E-state index contributed by atoms with van der Waals surface area (Å²) in [6.07, 6.45) is 6.04. The van der Waals surface area contributed by atoms with Crippen LogP contribution >= 0.6 is 0 Å². The number of nitrogens with one attached hydrogen (secondary N) is 1. The molecule has 0 bridgehead atoms. The number of hydrogen-bond acceptors (Lipinski definition) is 3. The van der Waals surface area contributed by atoms with E-state index in [1.807, 2.05) is 0 Å². The summed E-state index contributed by atoms with van der Waals surface area (Å²) in [6, 6.07) is 0.842. The van der Waals surface area contributed by atoms with Crippen LogP contribution in [0.15, 0.2) is 0 Å². The topological polar surface area (TPSA) is 35.6 Å². The Labute approximate surface area is 117 Å². The minimum Gasteiger partial charge on any atom is -0.325 e. The third-order valence-corrected chi connectivity index (χ3v) is 4.42. The first-order valence-electron chi connectivity index (χ1n) is 8.01. The molecule has 4 nitrogen and oxygen atoms in total. The lowest BCUT2D eigenvalue weighted by Gasteiger charge is -2.28. The van der Waals surface area contributed by atoms with Gasteiger partial charge in [-0.05, 0) is 32.2 Å². The molecule has 2 rings (SSSR count). The molecule has 4 heteroatoms. The molecule has 0 spiro atoms.